The molecule has 1 spiro atoms. The fourth-order valence-electron chi connectivity index (χ4n) is 7.18. The molecular weight excluding hydrogens is 567 g/mol. The van der Waals surface area contributed by atoms with Crippen molar-refractivity contribution in [2.75, 3.05) is 0 Å². The molecule has 2 aromatic carbocycles. The molecule has 0 bridgehead atoms. The predicted octanol–water partition coefficient (Wildman–Crippen LogP) is 9.20. The van der Waals surface area contributed by atoms with Crippen LogP contribution in [0, 0.1) is 16.7 Å². The van der Waals surface area contributed by atoms with Gasteiger partial charge in [-0.3, -0.25) is 9.79 Å². The Bertz CT molecular complexity index is 1380. The van der Waals surface area contributed by atoms with E-state index >= 15 is 0 Å². The molecule has 0 aromatic heterocycles. The van der Waals surface area contributed by atoms with Crippen LogP contribution >= 0.6 is 23.2 Å². The third-order valence-corrected chi connectivity index (χ3v) is 10.9. The number of halogens is 2. The molecule has 6 rings (SSSR count). The third-order valence-electron chi connectivity index (χ3n) is 10.4. The van der Waals surface area contributed by atoms with Crippen LogP contribution in [-0.4, -0.2) is 34.3 Å². The number of amides is 1. The lowest BCUT2D eigenvalue weighted by Gasteiger charge is -2.46. The van der Waals surface area contributed by atoms with Gasteiger partial charge in [-0.25, -0.2) is 4.79 Å². The molecule has 1 aliphatic heterocycles. The average Bonchev–Trinajstić information content (AvgIpc) is 3.85. The lowest BCUT2D eigenvalue weighted by molar-refractivity contribution is -0.133. The normalized spacial score (nSPS) is 26.4. The van der Waals surface area contributed by atoms with Crippen LogP contribution in [-0.2, 0) is 9.53 Å². The molecule has 7 heteroatoms. The van der Waals surface area contributed by atoms with Gasteiger partial charge in [-0.2, -0.15) is 0 Å². The van der Waals surface area contributed by atoms with Crippen molar-refractivity contribution in [3.05, 3.63) is 69.2 Å². The summed E-state index contributed by atoms with van der Waals surface area (Å²) in [7, 11) is 0. The van der Waals surface area contributed by atoms with Crippen molar-refractivity contribution in [3.63, 3.8) is 0 Å². The summed E-state index contributed by atoms with van der Waals surface area (Å²) in [5.41, 5.74) is 2.86. The van der Waals surface area contributed by atoms with Gasteiger partial charge in [0.15, 0.2) is 0 Å². The zero-order chi connectivity index (χ0) is 29.9. The topological polar surface area (TPSA) is 59.0 Å². The first-order valence-electron chi connectivity index (χ1n) is 15.6. The maximum atomic E-state index is 14.6. The van der Waals surface area contributed by atoms with Crippen LogP contribution in [0.25, 0.3) is 0 Å². The van der Waals surface area contributed by atoms with E-state index in [0.29, 0.717) is 43.6 Å². The minimum Gasteiger partial charge on any atom is -0.459 e. The lowest BCUT2D eigenvalue weighted by Crippen LogP contribution is -2.51. The summed E-state index contributed by atoms with van der Waals surface area (Å²) >= 11 is 12.8. The number of ether oxygens (including phenoxy) is 1. The summed E-state index contributed by atoms with van der Waals surface area (Å²) in [5, 5.41) is 0.987. The highest BCUT2D eigenvalue weighted by Gasteiger charge is 2.55. The molecular formula is C35H42Cl2N2O3. The highest BCUT2D eigenvalue weighted by atomic mass is 35.5. The van der Waals surface area contributed by atoms with Crippen molar-refractivity contribution in [1.29, 1.82) is 0 Å². The number of carbonyl (C=O) groups is 2. The van der Waals surface area contributed by atoms with Gasteiger partial charge in [0, 0.05) is 15.6 Å². The molecule has 3 saturated carbocycles. The van der Waals surface area contributed by atoms with Gasteiger partial charge in [0.25, 0.3) is 5.91 Å². The van der Waals surface area contributed by atoms with Crippen molar-refractivity contribution < 1.29 is 14.3 Å². The second-order valence-electron chi connectivity index (χ2n) is 14.1. The van der Waals surface area contributed by atoms with Crippen molar-refractivity contribution >= 4 is 40.8 Å². The second-order valence-corrected chi connectivity index (χ2v) is 15.0. The van der Waals surface area contributed by atoms with Crippen LogP contribution in [0.5, 0.6) is 0 Å². The minimum atomic E-state index is -0.604. The number of aliphatic imine (C=N–C) groups is 1. The molecule has 1 atom stereocenters. The lowest BCUT2D eigenvalue weighted by atomic mass is 9.73. The van der Waals surface area contributed by atoms with E-state index in [1.807, 2.05) is 38.1 Å². The molecule has 2 aromatic rings. The van der Waals surface area contributed by atoms with Gasteiger partial charge < -0.3 is 9.64 Å². The number of hydrogen-bond donors (Lipinski definition) is 0. The Morgan fingerprint density at radius 1 is 0.976 bits per heavy atom. The van der Waals surface area contributed by atoms with E-state index in [1.54, 1.807) is 18.2 Å². The SMILES string of the molecule is CC(C)OC(=O)c1ccc([C@@H](CCC2(C)CC2)N2C(=O)C(c3cc(Cl)cc(Cl)c3)=NC23CCC(C2(C)CC2)CC3)cc1. The van der Waals surface area contributed by atoms with Gasteiger partial charge in [-0.1, -0.05) is 49.2 Å². The van der Waals surface area contributed by atoms with Gasteiger partial charge in [0.1, 0.15) is 11.4 Å². The maximum absolute atomic E-state index is 14.6. The molecule has 1 heterocycles. The van der Waals surface area contributed by atoms with E-state index < -0.39 is 5.66 Å². The first-order chi connectivity index (χ1) is 19.9. The molecule has 4 aliphatic rings. The Hall–Kier alpha value is -2.37. The largest absolute Gasteiger partial charge is 0.459 e. The molecule has 224 valence electrons. The van der Waals surface area contributed by atoms with Gasteiger partial charge in [0.2, 0.25) is 0 Å². The van der Waals surface area contributed by atoms with Crippen LogP contribution in [0.1, 0.15) is 119 Å². The monoisotopic (exact) mass is 608 g/mol. The van der Waals surface area contributed by atoms with Crippen molar-refractivity contribution in [2.45, 2.75) is 110 Å². The maximum Gasteiger partial charge on any atom is 0.338 e. The van der Waals surface area contributed by atoms with Gasteiger partial charge in [0.05, 0.1) is 17.7 Å². The summed E-state index contributed by atoms with van der Waals surface area (Å²) < 4.78 is 5.43. The van der Waals surface area contributed by atoms with Crippen molar-refractivity contribution in [2.24, 2.45) is 21.7 Å². The smallest absolute Gasteiger partial charge is 0.338 e. The second kappa shape index (κ2) is 11.0. The van der Waals surface area contributed by atoms with Crippen LogP contribution in [0.4, 0.5) is 0 Å². The first-order valence-corrected chi connectivity index (χ1v) is 16.4. The summed E-state index contributed by atoms with van der Waals surface area (Å²) in [5.74, 6) is 0.288. The molecule has 1 amide bonds. The van der Waals surface area contributed by atoms with Crippen LogP contribution in [0.3, 0.4) is 0 Å². The van der Waals surface area contributed by atoms with E-state index in [-0.39, 0.29) is 24.0 Å². The van der Waals surface area contributed by atoms with Gasteiger partial charge >= 0.3 is 5.97 Å². The molecule has 42 heavy (non-hydrogen) atoms. The average molecular weight is 610 g/mol. The molecule has 5 nitrogen and oxygen atoms in total. The Kier molecular flexibility index (Phi) is 7.75. The Balaban J connectivity index is 1.38. The Morgan fingerprint density at radius 2 is 1.60 bits per heavy atom. The third kappa shape index (κ3) is 5.88. The number of rotatable bonds is 9. The highest BCUT2D eigenvalue weighted by molar-refractivity contribution is 6.47. The van der Waals surface area contributed by atoms with Crippen LogP contribution in [0.2, 0.25) is 10.0 Å². The molecule has 0 unspecified atom stereocenters. The number of hydrogen-bond acceptors (Lipinski definition) is 4. The van der Waals surface area contributed by atoms with E-state index in [0.717, 1.165) is 44.1 Å². The summed E-state index contributed by atoms with van der Waals surface area (Å²) in [6.07, 6.45) is 10.6. The Labute approximate surface area is 260 Å². The summed E-state index contributed by atoms with van der Waals surface area (Å²) in [4.78, 5) is 34.6. The fourth-order valence-corrected chi connectivity index (χ4v) is 7.70. The number of carbonyl (C=O) groups excluding carboxylic acids is 2. The summed E-state index contributed by atoms with van der Waals surface area (Å²) in [6, 6.07) is 12.8. The molecule has 3 aliphatic carbocycles. The number of esters is 1. The van der Waals surface area contributed by atoms with E-state index in [9.17, 15) is 9.59 Å². The molecule has 0 N–H and O–H groups in total. The molecule has 0 radical (unpaired) electrons. The van der Waals surface area contributed by atoms with E-state index in [1.165, 1.54) is 25.7 Å². The number of nitrogens with zero attached hydrogens (tertiary/aromatic N) is 2. The first kappa shape index (κ1) is 29.7. The van der Waals surface area contributed by atoms with Crippen LogP contribution < -0.4 is 0 Å². The van der Waals surface area contributed by atoms with E-state index in [4.69, 9.17) is 32.9 Å². The summed E-state index contributed by atoms with van der Waals surface area (Å²) in [6.45, 7) is 8.46. The van der Waals surface area contributed by atoms with Gasteiger partial charge in [-0.05, 0) is 131 Å². The standard InChI is InChI=1S/C35H42Cl2N2O3/c1-22(2)42-32(41)24-7-5-23(6-8-24)29(11-12-33(3)15-16-33)39-31(40)30(25-19-27(36)21-28(37)20-25)38-35(39)13-9-26(10-14-35)34(4)17-18-34/h5-8,19-22,26,29H,9-18H2,1-4H3/t26?,29-,35?/m1/s1. The van der Waals surface area contributed by atoms with Crippen molar-refractivity contribution in [1.82, 2.24) is 4.90 Å². The fraction of sp³-hybridized carbons (Fsp3) is 0.571. The van der Waals surface area contributed by atoms with Crippen molar-refractivity contribution in [3.8, 4) is 0 Å². The Morgan fingerprint density at radius 3 is 2.14 bits per heavy atom. The van der Waals surface area contributed by atoms with Crippen LogP contribution in [0.15, 0.2) is 47.5 Å². The zero-order valence-electron chi connectivity index (χ0n) is 25.2. The quantitative estimate of drug-likeness (QED) is 0.266. The molecule has 0 saturated heterocycles. The number of benzene rings is 2. The predicted molar refractivity (Wildman–Crippen MR) is 168 cm³/mol. The van der Waals surface area contributed by atoms with E-state index in [2.05, 4.69) is 18.7 Å². The highest BCUT2D eigenvalue weighted by Crippen LogP contribution is 2.59. The van der Waals surface area contributed by atoms with Gasteiger partial charge in [-0.15, -0.1) is 0 Å². The molecule has 3 fully saturated rings. The minimum absolute atomic E-state index is 0.0568. The zero-order valence-corrected chi connectivity index (χ0v) is 26.7.